The van der Waals surface area contributed by atoms with Crippen LogP contribution in [0.4, 0.5) is 11.4 Å². The highest BCUT2D eigenvalue weighted by Crippen LogP contribution is 2.48. The van der Waals surface area contributed by atoms with Crippen LogP contribution in [0.5, 0.6) is 0 Å². The maximum Gasteiger partial charge on any atom is 0.329 e. The number of hydrogen-bond acceptors (Lipinski definition) is 1. The van der Waals surface area contributed by atoms with Crippen LogP contribution in [0.25, 0.3) is 33.3 Å². The monoisotopic (exact) mass is 593 g/mol. The minimum absolute atomic E-state index is 0.00476. The maximum atomic E-state index is 2.68. The molecule has 3 aliphatic rings. The third kappa shape index (κ3) is 3.81. The summed E-state index contributed by atoms with van der Waals surface area (Å²) in [6, 6.07) is 65.2. The lowest BCUT2D eigenvalue weighted by atomic mass is 9.30. The molecule has 3 heteroatoms. The lowest BCUT2D eigenvalue weighted by Crippen LogP contribution is -2.66. The van der Waals surface area contributed by atoms with Crippen LogP contribution >= 0.6 is 0 Å². The summed E-state index contributed by atoms with van der Waals surface area (Å²) in [4.78, 5) is 2.68. The first-order valence-corrected chi connectivity index (χ1v) is 16.5. The first-order valence-electron chi connectivity index (χ1n) is 16.5. The van der Waals surface area contributed by atoms with Gasteiger partial charge in [-0.1, -0.05) is 181 Å². The molecule has 10 rings (SSSR count). The smallest absolute Gasteiger partial charge is 0.329 e. The zero-order valence-electron chi connectivity index (χ0n) is 25.8. The predicted octanol–water partition coefficient (Wildman–Crippen LogP) is 7.71. The predicted molar refractivity (Wildman–Crippen MR) is 201 cm³/mol. The van der Waals surface area contributed by atoms with Gasteiger partial charge in [-0.3, -0.25) is 0 Å². The van der Waals surface area contributed by atoms with E-state index in [2.05, 4.69) is 181 Å². The molecule has 7 aromatic rings. The molecule has 0 saturated heterocycles. The molecule has 7 aromatic carbocycles. The van der Waals surface area contributed by atoms with Crippen LogP contribution in [0.15, 0.2) is 176 Å². The van der Waals surface area contributed by atoms with Crippen molar-refractivity contribution in [2.75, 3.05) is 4.81 Å². The highest BCUT2D eigenvalue weighted by molar-refractivity contribution is 7.05. The Morgan fingerprint density at radius 3 is 1.21 bits per heavy atom. The third-order valence-corrected chi connectivity index (χ3v) is 10.4. The number of benzene rings is 7. The topological polar surface area (TPSA) is 3.24 Å². The molecule has 0 N–H and O–H groups in total. The van der Waals surface area contributed by atoms with Gasteiger partial charge in [0.1, 0.15) is 0 Å². The van der Waals surface area contributed by atoms with Crippen molar-refractivity contribution in [3.8, 4) is 22.3 Å². The molecule has 1 nitrogen and oxygen atoms in total. The molecule has 0 radical (unpaired) electrons. The zero-order valence-corrected chi connectivity index (χ0v) is 25.8. The second-order valence-electron chi connectivity index (χ2n) is 12.8. The molecular formula is C44H29B2N. The molecule has 0 saturated carbocycles. The van der Waals surface area contributed by atoms with Crippen LogP contribution in [-0.2, 0) is 0 Å². The Labute approximate surface area is 276 Å². The molecule has 0 bridgehead atoms. The van der Waals surface area contributed by atoms with Gasteiger partial charge < -0.3 is 4.81 Å². The first-order chi connectivity index (χ1) is 23.4. The van der Waals surface area contributed by atoms with E-state index in [4.69, 9.17) is 0 Å². The first kappa shape index (κ1) is 26.4. The summed E-state index contributed by atoms with van der Waals surface area (Å²) in [7, 11) is 0. The lowest BCUT2D eigenvalue weighted by Gasteiger charge is -2.49. The Kier molecular flexibility index (Phi) is 5.83. The minimum atomic E-state index is 0.00476. The highest BCUT2D eigenvalue weighted by Gasteiger charge is 2.49. The van der Waals surface area contributed by atoms with Gasteiger partial charge in [-0.25, -0.2) is 0 Å². The number of para-hydroxylation sites is 2. The third-order valence-electron chi connectivity index (χ3n) is 10.4. The summed E-state index contributed by atoms with van der Waals surface area (Å²) in [5.41, 5.74) is 19.7. The Bertz CT molecular complexity index is 2220. The molecule has 0 fully saturated rings. The standard InChI is InChI=1S/C44H29B2N/c1-4-16-30(17-5-1)41(31-18-6-2-7-19-31)42(32-20-8-3-9-21-32)45-39-28-14-24-35-33-22-10-12-26-37(33)46-38-27-13-11-23-34(38)36-25-15-29-40(45)44(36)47(46)43(35)39/h1-29H. The summed E-state index contributed by atoms with van der Waals surface area (Å²) in [6.45, 7) is 0.114. The Morgan fingerprint density at radius 2 is 0.723 bits per heavy atom. The van der Waals surface area contributed by atoms with E-state index >= 15 is 0 Å². The van der Waals surface area contributed by atoms with Crippen LogP contribution < -0.4 is 26.7 Å². The Hall–Kier alpha value is -5.79. The second kappa shape index (κ2) is 10.4. The summed E-state index contributed by atoms with van der Waals surface area (Å²) >= 11 is 0. The van der Waals surface area contributed by atoms with E-state index in [1.165, 1.54) is 83.2 Å². The SMILES string of the molecule is c1ccc(C(B2c3cccc4c3N3B(c5ccccc5-4)c4ccccc4-c4cccc2c43)=C(c2ccccc2)c2ccccc2)cc1. The van der Waals surface area contributed by atoms with Crippen molar-refractivity contribution in [3.05, 3.63) is 193 Å². The maximum absolute atomic E-state index is 2.68. The molecule has 47 heavy (non-hydrogen) atoms. The fourth-order valence-electron chi connectivity index (χ4n) is 8.58. The van der Waals surface area contributed by atoms with Crippen molar-refractivity contribution in [2.24, 2.45) is 0 Å². The summed E-state index contributed by atoms with van der Waals surface area (Å²) in [5, 5.41) is 0. The molecule has 0 aromatic heterocycles. The van der Waals surface area contributed by atoms with Crippen LogP contribution in [0.3, 0.4) is 0 Å². The van der Waals surface area contributed by atoms with Crippen molar-refractivity contribution in [2.45, 2.75) is 0 Å². The van der Waals surface area contributed by atoms with Gasteiger partial charge in [-0.15, -0.1) is 0 Å². The van der Waals surface area contributed by atoms with Crippen molar-refractivity contribution < 1.29 is 0 Å². The lowest BCUT2D eigenvalue weighted by molar-refractivity contribution is 1.36. The van der Waals surface area contributed by atoms with E-state index in [9.17, 15) is 0 Å². The fraction of sp³-hybridized carbons (Fsp3) is 0. The van der Waals surface area contributed by atoms with E-state index in [1.54, 1.807) is 0 Å². The molecule has 216 valence electrons. The summed E-state index contributed by atoms with van der Waals surface area (Å²) in [5.74, 6) is 0. The molecule has 0 amide bonds. The summed E-state index contributed by atoms with van der Waals surface area (Å²) < 4.78 is 0. The van der Waals surface area contributed by atoms with Gasteiger partial charge in [-0.2, -0.15) is 0 Å². The molecule has 0 atom stereocenters. The second-order valence-corrected chi connectivity index (χ2v) is 12.8. The zero-order chi connectivity index (χ0) is 30.9. The van der Waals surface area contributed by atoms with Gasteiger partial charge in [0.05, 0.1) is 0 Å². The van der Waals surface area contributed by atoms with Crippen molar-refractivity contribution in [1.29, 1.82) is 0 Å². The number of anilines is 2. The fourth-order valence-corrected chi connectivity index (χ4v) is 8.58. The van der Waals surface area contributed by atoms with Crippen molar-refractivity contribution in [1.82, 2.24) is 0 Å². The van der Waals surface area contributed by atoms with Crippen LogP contribution in [-0.4, -0.2) is 13.6 Å². The molecule has 0 spiro atoms. The average molecular weight is 593 g/mol. The van der Waals surface area contributed by atoms with E-state index < -0.39 is 0 Å². The van der Waals surface area contributed by atoms with Crippen LogP contribution in [0.2, 0.25) is 0 Å². The van der Waals surface area contributed by atoms with Crippen LogP contribution in [0.1, 0.15) is 16.7 Å². The van der Waals surface area contributed by atoms with Crippen molar-refractivity contribution >= 4 is 57.8 Å². The van der Waals surface area contributed by atoms with Crippen molar-refractivity contribution in [3.63, 3.8) is 0 Å². The molecule has 0 aliphatic carbocycles. The summed E-state index contributed by atoms with van der Waals surface area (Å²) in [6.07, 6.45) is 0. The average Bonchev–Trinajstić information content (AvgIpc) is 3.15. The Balaban J connectivity index is 1.40. The number of hydrogen-bond donors (Lipinski definition) is 0. The van der Waals surface area contributed by atoms with Gasteiger partial charge in [0.25, 0.3) is 0 Å². The van der Waals surface area contributed by atoms with Crippen LogP contribution in [0, 0.1) is 0 Å². The Morgan fingerprint density at radius 1 is 0.340 bits per heavy atom. The van der Waals surface area contributed by atoms with E-state index in [0.717, 1.165) is 0 Å². The highest BCUT2D eigenvalue weighted by atomic mass is 15.1. The van der Waals surface area contributed by atoms with Gasteiger partial charge in [0, 0.05) is 22.5 Å². The number of rotatable bonds is 4. The molecular weight excluding hydrogens is 564 g/mol. The normalized spacial score (nSPS) is 13.0. The van der Waals surface area contributed by atoms with E-state index in [0.29, 0.717) is 0 Å². The largest absolute Gasteiger partial charge is 0.377 e. The molecule has 0 unspecified atom stereocenters. The van der Waals surface area contributed by atoms with Gasteiger partial charge in [0.15, 0.2) is 0 Å². The molecule has 3 aliphatic heterocycles. The van der Waals surface area contributed by atoms with Gasteiger partial charge in [0.2, 0.25) is 6.71 Å². The van der Waals surface area contributed by atoms with E-state index in [1.807, 2.05) is 0 Å². The van der Waals surface area contributed by atoms with Gasteiger partial charge >= 0.3 is 6.85 Å². The van der Waals surface area contributed by atoms with Gasteiger partial charge in [-0.05, 0) is 55.2 Å². The van der Waals surface area contributed by atoms with E-state index in [-0.39, 0.29) is 13.6 Å². The number of fused-ring (bicyclic) bond motifs is 6. The minimum Gasteiger partial charge on any atom is -0.377 e. The molecule has 3 heterocycles. The quantitative estimate of drug-likeness (QED) is 0.149. The number of nitrogens with zero attached hydrogens (tertiary/aromatic N) is 1.